The van der Waals surface area contributed by atoms with Crippen molar-refractivity contribution < 1.29 is 13.2 Å². The van der Waals surface area contributed by atoms with Crippen molar-refractivity contribution in [2.45, 2.75) is 44.9 Å². The molecule has 2 heterocycles. The first-order valence-corrected chi connectivity index (χ1v) is 13.4. The van der Waals surface area contributed by atoms with Crippen LogP contribution in [0.15, 0.2) is 59.5 Å². The Kier molecular flexibility index (Phi) is 7.60. The lowest BCUT2D eigenvalue weighted by Gasteiger charge is -2.11. The number of terminal acetylenes is 1. The number of carbonyl (C=O) groups excluding carboxylic acids is 1. The van der Waals surface area contributed by atoms with E-state index in [1.165, 1.54) is 12.1 Å². The van der Waals surface area contributed by atoms with Gasteiger partial charge in [0.25, 0.3) is 10.0 Å². The second-order valence-electron chi connectivity index (χ2n) is 8.91. The van der Waals surface area contributed by atoms with E-state index in [1.807, 2.05) is 60.4 Å². The minimum Gasteiger partial charge on any atom is -0.337 e. The van der Waals surface area contributed by atoms with Gasteiger partial charge in [0.05, 0.1) is 4.90 Å². The Bertz CT molecular complexity index is 1580. The number of imidazole rings is 1. The van der Waals surface area contributed by atoms with Crippen LogP contribution in [0.4, 0.5) is 4.79 Å². The first kappa shape index (κ1) is 25.9. The van der Waals surface area contributed by atoms with Gasteiger partial charge in [0, 0.05) is 30.8 Å². The predicted molar refractivity (Wildman–Crippen MR) is 144 cm³/mol. The minimum atomic E-state index is -3.93. The maximum absolute atomic E-state index is 12.4. The fraction of sp³-hybridized carbons (Fsp3) is 0.250. The fourth-order valence-corrected chi connectivity index (χ4v) is 5.02. The van der Waals surface area contributed by atoms with Crippen molar-refractivity contribution in [3.63, 3.8) is 0 Å². The molecule has 0 spiro atoms. The Labute approximate surface area is 217 Å². The van der Waals surface area contributed by atoms with Gasteiger partial charge >= 0.3 is 6.03 Å². The van der Waals surface area contributed by atoms with Gasteiger partial charge in [-0.25, -0.2) is 27.9 Å². The van der Waals surface area contributed by atoms with Gasteiger partial charge < -0.3 is 5.32 Å². The zero-order valence-corrected chi connectivity index (χ0v) is 21.9. The van der Waals surface area contributed by atoms with E-state index in [-0.39, 0.29) is 11.4 Å². The zero-order chi connectivity index (χ0) is 26.6. The van der Waals surface area contributed by atoms with Gasteiger partial charge in [-0.2, -0.15) is 0 Å². The van der Waals surface area contributed by atoms with Crippen molar-refractivity contribution in [1.29, 1.82) is 0 Å². The molecule has 0 saturated heterocycles. The molecule has 0 fully saturated rings. The molecule has 4 aromatic rings. The van der Waals surface area contributed by atoms with Crippen LogP contribution in [0.3, 0.4) is 0 Å². The van der Waals surface area contributed by atoms with E-state index in [0.717, 1.165) is 45.1 Å². The summed E-state index contributed by atoms with van der Waals surface area (Å²) in [6.07, 6.45) is 7.24. The largest absolute Gasteiger partial charge is 0.337 e. The summed E-state index contributed by atoms with van der Waals surface area (Å²) in [5, 5.41) is 2.61. The summed E-state index contributed by atoms with van der Waals surface area (Å²) in [6.45, 7) is 6.12. The number of benzene rings is 2. The molecule has 0 aliphatic carbocycles. The van der Waals surface area contributed by atoms with Crippen molar-refractivity contribution in [3.05, 3.63) is 82.8 Å². The Morgan fingerprint density at radius 3 is 2.38 bits per heavy atom. The molecule has 8 nitrogen and oxygen atoms in total. The van der Waals surface area contributed by atoms with Crippen molar-refractivity contribution >= 4 is 27.2 Å². The van der Waals surface area contributed by atoms with E-state index in [1.54, 1.807) is 12.1 Å². The van der Waals surface area contributed by atoms with Crippen LogP contribution in [0.5, 0.6) is 0 Å². The molecule has 0 aliphatic heterocycles. The number of nitrogens with zero attached hydrogens (tertiary/aromatic N) is 3. The van der Waals surface area contributed by atoms with Crippen LogP contribution in [-0.2, 0) is 22.9 Å². The summed E-state index contributed by atoms with van der Waals surface area (Å²) in [5.74, 6) is 3.54. The number of nitrogens with one attached hydrogen (secondary N) is 2. The van der Waals surface area contributed by atoms with E-state index in [0.29, 0.717) is 19.3 Å². The van der Waals surface area contributed by atoms with Gasteiger partial charge in [-0.3, -0.25) is 4.57 Å². The fourth-order valence-electron chi connectivity index (χ4n) is 4.10. The first-order valence-electron chi connectivity index (χ1n) is 11.9. The number of hydrogen-bond acceptors (Lipinski definition) is 5. The number of fused-ring (bicyclic) bond motifs is 1. The average Bonchev–Trinajstić information content (AvgIpc) is 3.21. The molecular formula is C28H29N5O3S. The maximum atomic E-state index is 12.4. The summed E-state index contributed by atoms with van der Waals surface area (Å²) < 4.78 is 28.8. The topological polar surface area (TPSA) is 106 Å². The Morgan fingerprint density at radius 1 is 1.00 bits per heavy atom. The molecule has 37 heavy (non-hydrogen) atoms. The van der Waals surface area contributed by atoms with E-state index in [2.05, 4.69) is 11.2 Å². The molecule has 0 unspecified atom stereocenters. The van der Waals surface area contributed by atoms with Crippen molar-refractivity contribution in [2.75, 3.05) is 6.54 Å². The second kappa shape index (κ2) is 10.8. The number of pyridine rings is 1. The SMILES string of the molecule is C#CCCc1nc2c(C)cc(C)nc2n1-c1ccc(CCNC(=O)NS(=O)(=O)c2ccc(C)cc2)cc1. The summed E-state index contributed by atoms with van der Waals surface area (Å²) in [7, 11) is -3.93. The molecule has 2 aromatic carbocycles. The van der Waals surface area contributed by atoms with Gasteiger partial charge in [0.2, 0.25) is 0 Å². The van der Waals surface area contributed by atoms with Crippen molar-refractivity contribution in [3.8, 4) is 18.0 Å². The van der Waals surface area contributed by atoms with Crippen molar-refractivity contribution in [2.24, 2.45) is 0 Å². The average molecular weight is 516 g/mol. The number of aromatic nitrogens is 3. The summed E-state index contributed by atoms with van der Waals surface area (Å²) in [4.78, 5) is 21.8. The van der Waals surface area contributed by atoms with E-state index in [9.17, 15) is 13.2 Å². The number of amides is 2. The smallest absolute Gasteiger partial charge is 0.328 e. The first-order chi connectivity index (χ1) is 17.7. The number of rotatable bonds is 8. The quantitative estimate of drug-likeness (QED) is 0.343. The molecule has 2 N–H and O–H groups in total. The highest BCUT2D eigenvalue weighted by molar-refractivity contribution is 7.90. The predicted octanol–water partition coefficient (Wildman–Crippen LogP) is 4.14. The number of sulfonamides is 1. The Hall–Kier alpha value is -4.16. The molecule has 0 radical (unpaired) electrons. The number of hydrogen-bond donors (Lipinski definition) is 2. The van der Waals surface area contributed by atoms with Crippen LogP contribution < -0.4 is 10.0 Å². The molecule has 190 valence electrons. The molecule has 0 saturated carbocycles. The monoisotopic (exact) mass is 515 g/mol. The molecular weight excluding hydrogens is 486 g/mol. The highest BCUT2D eigenvalue weighted by atomic mass is 32.2. The van der Waals surface area contributed by atoms with Crippen LogP contribution in [0.25, 0.3) is 16.9 Å². The Morgan fingerprint density at radius 2 is 1.70 bits per heavy atom. The van der Waals surface area contributed by atoms with Crippen LogP contribution in [0, 0.1) is 33.1 Å². The molecule has 0 atom stereocenters. The normalized spacial score (nSPS) is 11.3. The summed E-state index contributed by atoms with van der Waals surface area (Å²) in [6, 6.07) is 15.4. The van der Waals surface area contributed by atoms with Crippen LogP contribution in [-0.4, -0.2) is 35.5 Å². The second-order valence-corrected chi connectivity index (χ2v) is 10.6. The lowest BCUT2D eigenvalue weighted by atomic mass is 10.1. The zero-order valence-electron chi connectivity index (χ0n) is 21.1. The highest BCUT2D eigenvalue weighted by Crippen LogP contribution is 2.24. The van der Waals surface area contributed by atoms with Gasteiger partial charge in [-0.05, 0) is 68.7 Å². The van der Waals surface area contributed by atoms with Crippen LogP contribution >= 0.6 is 0 Å². The number of urea groups is 1. The van der Waals surface area contributed by atoms with Gasteiger partial charge in [-0.15, -0.1) is 12.3 Å². The maximum Gasteiger partial charge on any atom is 0.328 e. The van der Waals surface area contributed by atoms with Gasteiger partial charge in [0.1, 0.15) is 11.3 Å². The van der Waals surface area contributed by atoms with Crippen LogP contribution in [0.2, 0.25) is 0 Å². The molecule has 0 bridgehead atoms. The van der Waals surface area contributed by atoms with Crippen molar-refractivity contribution in [1.82, 2.24) is 24.6 Å². The molecule has 0 aliphatic rings. The third-order valence-electron chi connectivity index (χ3n) is 5.95. The standard InChI is InChI=1S/C28H29N5O3S/c1-5-6-7-25-31-26-20(3)18-21(4)30-27(26)33(25)23-12-10-22(11-13-23)16-17-29-28(34)32-37(35,36)24-14-8-19(2)9-15-24/h1,8-15,18H,6-7,16-17H2,2-4H3,(H2,29,32,34). The third kappa shape index (κ3) is 5.98. The molecule has 2 aromatic heterocycles. The number of aryl methyl sites for hydroxylation is 4. The van der Waals surface area contributed by atoms with E-state index in [4.69, 9.17) is 16.4 Å². The number of carbonyl (C=O) groups is 1. The van der Waals surface area contributed by atoms with Gasteiger partial charge in [0.15, 0.2) is 5.65 Å². The van der Waals surface area contributed by atoms with E-state index < -0.39 is 16.1 Å². The lowest BCUT2D eigenvalue weighted by Crippen LogP contribution is -2.40. The van der Waals surface area contributed by atoms with Gasteiger partial charge in [-0.1, -0.05) is 29.8 Å². The highest BCUT2D eigenvalue weighted by Gasteiger charge is 2.18. The van der Waals surface area contributed by atoms with Crippen LogP contribution in [0.1, 0.15) is 34.6 Å². The summed E-state index contributed by atoms with van der Waals surface area (Å²) in [5.41, 5.74) is 6.48. The molecule has 9 heteroatoms. The third-order valence-corrected chi connectivity index (χ3v) is 7.30. The molecule has 2 amide bonds. The van der Waals surface area contributed by atoms with E-state index >= 15 is 0 Å². The lowest BCUT2D eigenvalue weighted by molar-refractivity contribution is 0.246. The Balaban J connectivity index is 1.43. The summed E-state index contributed by atoms with van der Waals surface area (Å²) >= 11 is 0. The minimum absolute atomic E-state index is 0.0392. The molecule has 4 rings (SSSR count).